The molecular weight excluding hydrogens is 134 g/mol. The maximum absolute atomic E-state index is 10.3. The van der Waals surface area contributed by atoms with Crippen molar-refractivity contribution in [3.05, 3.63) is 0 Å². The molecule has 0 aromatic rings. The second-order valence-corrected chi connectivity index (χ2v) is 1.88. The molecule has 2 amide bonds. The second-order valence-electron chi connectivity index (χ2n) is 1.88. The molecule has 0 aromatic carbocycles. The molecule has 0 aliphatic rings. The molecule has 56 valence electrons. The molecule has 0 radical (unpaired) electrons. The fourth-order valence-electron chi connectivity index (χ4n) is 0.232. The number of carbonyl (C=O) groups is 2. The zero-order valence-corrected chi connectivity index (χ0v) is 5.87. The van der Waals surface area contributed by atoms with Crippen LogP contribution in [0.25, 0.3) is 0 Å². The van der Waals surface area contributed by atoms with Crippen LogP contribution in [0.1, 0.15) is 0 Å². The Balaban J connectivity index is 3.91. The lowest BCUT2D eigenvalue weighted by atomic mass is 10.6. The Morgan fingerprint density at radius 3 is 2.30 bits per heavy atom. The smallest absolute Gasteiger partial charge is 0.336 e. The minimum absolute atomic E-state index is 0.936. The zero-order valence-electron chi connectivity index (χ0n) is 5.87. The Hall–Kier alpha value is -1.39. The van der Waals surface area contributed by atoms with E-state index < -0.39 is 11.8 Å². The molecule has 5 nitrogen and oxygen atoms in total. The first kappa shape index (κ1) is 8.61. The van der Waals surface area contributed by atoms with Gasteiger partial charge in [-0.3, -0.25) is 9.59 Å². The Morgan fingerprint density at radius 1 is 1.50 bits per heavy atom. The standard InChI is InChI=1S/C5H9N3O2/c1-8(2)3-7-5(10)4(6)9/h3H,1-2H3,(H2,6,9)/b7-3+. The summed E-state index contributed by atoms with van der Waals surface area (Å²) < 4.78 is 0. The fraction of sp³-hybridized carbons (Fsp3) is 0.400. The Labute approximate surface area is 58.5 Å². The first-order valence-corrected chi connectivity index (χ1v) is 2.58. The molecule has 5 heteroatoms. The van der Waals surface area contributed by atoms with E-state index in [9.17, 15) is 9.59 Å². The third kappa shape index (κ3) is 3.59. The number of hydrogen-bond acceptors (Lipinski definition) is 2. The molecule has 0 spiro atoms. The minimum Gasteiger partial charge on any atom is -0.369 e. The summed E-state index contributed by atoms with van der Waals surface area (Å²) in [6, 6.07) is 0. The third-order valence-corrected chi connectivity index (χ3v) is 0.617. The van der Waals surface area contributed by atoms with Crippen LogP contribution in [-0.4, -0.2) is 37.1 Å². The van der Waals surface area contributed by atoms with Crippen LogP contribution >= 0.6 is 0 Å². The number of aliphatic imine (C=N–C) groups is 1. The lowest BCUT2D eigenvalue weighted by Crippen LogP contribution is -2.22. The summed E-state index contributed by atoms with van der Waals surface area (Å²) in [4.78, 5) is 25.1. The zero-order chi connectivity index (χ0) is 8.15. The van der Waals surface area contributed by atoms with E-state index in [4.69, 9.17) is 0 Å². The lowest BCUT2D eigenvalue weighted by molar-refractivity contribution is -0.135. The number of primary amides is 1. The quantitative estimate of drug-likeness (QED) is 0.278. The third-order valence-electron chi connectivity index (χ3n) is 0.617. The maximum atomic E-state index is 10.3. The Bertz CT molecular complexity index is 174. The van der Waals surface area contributed by atoms with E-state index >= 15 is 0 Å². The summed E-state index contributed by atoms with van der Waals surface area (Å²) in [5, 5.41) is 0. The van der Waals surface area contributed by atoms with Crippen LogP contribution in [0, 0.1) is 0 Å². The number of carbonyl (C=O) groups excluding carboxylic acids is 2. The highest BCUT2D eigenvalue weighted by molar-refractivity contribution is 6.35. The summed E-state index contributed by atoms with van der Waals surface area (Å²) in [5.74, 6) is -1.98. The Morgan fingerprint density at radius 2 is 2.00 bits per heavy atom. The molecule has 0 saturated carbocycles. The molecule has 0 unspecified atom stereocenters. The van der Waals surface area contributed by atoms with Gasteiger partial charge in [0.25, 0.3) is 0 Å². The average molecular weight is 143 g/mol. The number of nitrogens with two attached hydrogens (primary N) is 1. The molecule has 0 rings (SSSR count). The van der Waals surface area contributed by atoms with Gasteiger partial charge < -0.3 is 10.6 Å². The van der Waals surface area contributed by atoms with E-state index in [1.54, 1.807) is 14.1 Å². The second kappa shape index (κ2) is 3.60. The molecule has 0 aliphatic heterocycles. The SMILES string of the molecule is CN(C)/C=N/C(=O)C(N)=O. The van der Waals surface area contributed by atoms with Gasteiger partial charge in [0.05, 0.1) is 6.34 Å². The van der Waals surface area contributed by atoms with Gasteiger partial charge in [-0.1, -0.05) is 0 Å². The molecule has 10 heavy (non-hydrogen) atoms. The molecule has 0 heterocycles. The van der Waals surface area contributed by atoms with Gasteiger partial charge in [0.1, 0.15) is 0 Å². The van der Waals surface area contributed by atoms with Crippen LogP contribution in [0.4, 0.5) is 0 Å². The predicted octanol–water partition coefficient (Wildman–Crippen LogP) is -1.41. The molecule has 2 N–H and O–H groups in total. The minimum atomic E-state index is -1.04. The predicted molar refractivity (Wildman–Crippen MR) is 36.4 cm³/mol. The van der Waals surface area contributed by atoms with Crippen molar-refractivity contribution in [2.45, 2.75) is 0 Å². The van der Waals surface area contributed by atoms with Crippen molar-refractivity contribution in [2.24, 2.45) is 10.7 Å². The van der Waals surface area contributed by atoms with Crippen molar-refractivity contribution >= 4 is 18.2 Å². The number of hydrogen-bond donors (Lipinski definition) is 1. The monoisotopic (exact) mass is 143 g/mol. The van der Waals surface area contributed by atoms with Gasteiger partial charge >= 0.3 is 11.8 Å². The molecule has 0 saturated heterocycles. The molecule has 0 aliphatic carbocycles. The highest BCUT2D eigenvalue weighted by Crippen LogP contribution is 1.72. The molecule has 0 fully saturated rings. The van der Waals surface area contributed by atoms with Crippen LogP contribution in [0.5, 0.6) is 0 Å². The van der Waals surface area contributed by atoms with Gasteiger partial charge in [-0.25, -0.2) is 0 Å². The van der Waals surface area contributed by atoms with Crippen molar-refractivity contribution in [1.29, 1.82) is 0 Å². The van der Waals surface area contributed by atoms with Gasteiger partial charge in [0.2, 0.25) is 0 Å². The van der Waals surface area contributed by atoms with E-state index in [-0.39, 0.29) is 0 Å². The number of amides is 2. The first-order chi connectivity index (χ1) is 4.54. The largest absolute Gasteiger partial charge is 0.369 e. The van der Waals surface area contributed by atoms with Crippen LogP contribution in [0.3, 0.4) is 0 Å². The van der Waals surface area contributed by atoms with E-state index in [1.807, 2.05) is 0 Å². The van der Waals surface area contributed by atoms with Gasteiger partial charge in [0.15, 0.2) is 0 Å². The van der Waals surface area contributed by atoms with Crippen molar-refractivity contribution in [1.82, 2.24) is 4.90 Å². The van der Waals surface area contributed by atoms with Gasteiger partial charge in [-0.05, 0) is 0 Å². The van der Waals surface area contributed by atoms with Gasteiger partial charge in [-0.15, -0.1) is 0 Å². The maximum Gasteiger partial charge on any atom is 0.336 e. The van der Waals surface area contributed by atoms with Crippen molar-refractivity contribution in [3.63, 3.8) is 0 Å². The van der Waals surface area contributed by atoms with Gasteiger partial charge in [-0.2, -0.15) is 4.99 Å². The van der Waals surface area contributed by atoms with Crippen molar-refractivity contribution < 1.29 is 9.59 Å². The molecule has 0 atom stereocenters. The Kier molecular flexibility index (Phi) is 3.10. The highest BCUT2D eigenvalue weighted by atomic mass is 16.2. The summed E-state index contributed by atoms with van der Waals surface area (Å²) >= 11 is 0. The average Bonchev–Trinajstić information content (AvgIpc) is 1.82. The van der Waals surface area contributed by atoms with E-state index in [0.717, 1.165) is 0 Å². The number of nitrogens with zero attached hydrogens (tertiary/aromatic N) is 2. The fourth-order valence-corrected chi connectivity index (χ4v) is 0.232. The normalized spacial score (nSPS) is 9.80. The number of rotatable bonds is 1. The summed E-state index contributed by atoms with van der Waals surface area (Å²) in [7, 11) is 3.36. The van der Waals surface area contributed by atoms with Crippen LogP contribution in [-0.2, 0) is 9.59 Å². The molecule has 0 bridgehead atoms. The first-order valence-electron chi connectivity index (χ1n) is 2.58. The lowest BCUT2D eigenvalue weighted by Gasteiger charge is -1.99. The van der Waals surface area contributed by atoms with Gasteiger partial charge in [0, 0.05) is 14.1 Å². The molecular formula is C5H9N3O2. The van der Waals surface area contributed by atoms with Crippen LogP contribution in [0.2, 0.25) is 0 Å². The van der Waals surface area contributed by atoms with Crippen LogP contribution < -0.4 is 5.73 Å². The summed E-state index contributed by atoms with van der Waals surface area (Å²) in [6.07, 6.45) is 1.22. The van der Waals surface area contributed by atoms with Crippen LogP contribution in [0.15, 0.2) is 4.99 Å². The van der Waals surface area contributed by atoms with E-state index in [2.05, 4.69) is 10.7 Å². The molecule has 0 aromatic heterocycles. The summed E-state index contributed by atoms with van der Waals surface area (Å²) in [6.45, 7) is 0. The summed E-state index contributed by atoms with van der Waals surface area (Å²) in [5.41, 5.74) is 4.60. The van der Waals surface area contributed by atoms with Crippen molar-refractivity contribution in [3.8, 4) is 0 Å². The van der Waals surface area contributed by atoms with E-state index in [0.29, 0.717) is 0 Å². The topological polar surface area (TPSA) is 75.8 Å². The highest BCUT2D eigenvalue weighted by Gasteiger charge is 2.03. The van der Waals surface area contributed by atoms with Crippen molar-refractivity contribution in [2.75, 3.05) is 14.1 Å². The van der Waals surface area contributed by atoms with E-state index in [1.165, 1.54) is 11.2 Å².